The summed E-state index contributed by atoms with van der Waals surface area (Å²) in [7, 11) is 0. The second-order valence-corrected chi connectivity index (χ2v) is 6.99. The standard InChI is InChI=1S/C21H27N3O/c1-17-5-2-3-7-20(17)16-24-11-8-18(9-12-24)15-23-21(25)13-19-6-4-10-22-14-19/h2-7,10,14,18H,8-9,11-13,15-16H2,1H3,(H,23,25). The smallest absolute Gasteiger partial charge is 0.224 e. The SMILES string of the molecule is Cc1ccccc1CN1CCC(CNC(=O)Cc2cccnc2)CC1. The highest BCUT2D eigenvalue weighted by atomic mass is 16.1. The van der Waals surface area contributed by atoms with Gasteiger partial charge in [-0.25, -0.2) is 0 Å². The van der Waals surface area contributed by atoms with E-state index in [1.807, 2.05) is 12.1 Å². The average Bonchev–Trinajstić information content (AvgIpc) is 2.64. The van der Waals surface area contributed by atoms with Crippen LogP contribution in [0.1, 0.15) is 29.5 Å². The lowest BCUT2D eigenvalue weighted by Crippen LogP contribution is -2.38. The summed E-state index contributed by atoms with van der Waals surface area (Å²) >= 11 is 0. The highest BCUT2D eigenvalue weighted by Crippen LogP contribution is 2.19. The van der Waals surface area contributed by atoms with Gasteiger partial charge in [0.05, 0.1) is 6.42 Å². The highest BCUT2D eigenvalue weighted by Gasteiger charge is 2.20. The molecule has 2 aromatic rings. The number of nitrogens with one attached hydrogen (secondary N) is 1. The van der Waals surface area contributed by atoms with Crippen molar-refractivity contribution in [2.45, 2.75) is 32.7 Å². The molecule has 0 atom stereocenters. The Hall–Kier alpha value is -2.20. The summed E-state index contributed by atoms with van der Waals surface area (Å²) in [5.41, 5.74) is 3.76. The van der Waals surface area contributed by atoms with Crippen molar-refractivity contribution in [3.05, 3.63) is 65.5 Å². The second kappa shape index (κ2) is 8.77. The summed E-state index contributed by atoms with van der Waals surface area (Å²) in [6.07, 6.45) is 6.20. The third-order valence-corrected chi connectivity index (χ3v) is 5.04. The number of hydrogen-bond donors (Lipinski definition) is 1. The molecule has 0 aliphatic carbocycles. The Morgan fingerprint density at radius 2 is 2.00 bits per heavy atom. The molecule has 0 radical (unpaired) electrons. The molecule has 0 unspecified atom stereocenters. The first-order valence-electron chi connectivity index (χ1n) is 9.13. The molecular formula is C21H27N3O. The van der Waals surface area contributed by atoms with Crippen LogP contribution < -0.4 is 5.32 Å². The molecule has 1 aliphatic heterocycles. The van der Waals surface area contributed by atoms with E-state index >= 15 is 0 Å². The lowest BCUT2D eigenvalue weighted by molar-refractivity contribution is -0.120. The van der Waals surface area contributed by atoms with Crippen LogP contribution in [0.4, 0.5) is 0 Å². The first kappa shape index (κ1) is 17.6. The second-order valence-electron chi connectivity index (χ2n) is 6.99. The zero-order valence-corrected chi connectivity index (χ0v) is 14.9. The van der Waals surface area contributed by atoms with Crippen LogP contribution >= 0.6 is 0 Å². The number of pyridine rings is 1. The Kier molecular flexibility index (Phi) is 6.18. The quantitative estimate of drug-likeness (QED) is 0.881. The Morgan fingerprint density at radius 1 is 1.20 bits per heavy atom. The number of nitrogens with zero attached hydrogens (tertiary/aromatic N) is 2. The van der Waals surface area contributed by atoms with Crippen molar-refractivity contribution in [2.75, 3.05) is 19.6 Å². The van der Waals surface area contributed by atoms with Crippen LogP contribution in [0, 0.1) is 12.8 Å². The van der Waals surface area contributed by atoms with E-state index in [4.69, 9.17) is 0 Å². The molecule has 132 valence electrons. The number of rotatable bonds is 6. The molecule has 1 aromatic heterocycles. The van der Waals surface area contributed by atoms with Crippen LogP contribution in [0.25, 0.3) is 0 Å². The molecular weight excluding hydrogens is 310 g/mol. The third-order valence-electron chi connectivity index (χ3n) is 5.04. The van der Waals surface area contributed by atoms with E-state index in [0.29, 0.717) is 12.3 Å². The summed E-state index contributed by atoms with van der Waals surface area (Å²) in [6, 6.07) is 12.4. The summed E-state index contributed by atoms with van der Waals surface area (Å²) in [5, 5.41) is 3.09. The number of aromatic nitrogens is 1. The van der Waals surface area contributed by atoms with Crippen molar-refractivity contribution in [3.8, 4) is 0 Å². The van der Waals surface area contributed by atoms with Gasteiger partial charge in [0, 0.05) is 25.5 Å². The van der Waals surface area contributed by atoms with Crippen molar-refractivity contribution < 1.29 is 4.79 Å². The minimum atomic E-state index is 0.0929. The molecule has 25 heavy (non-hydrogen) atoms. The molecule has 0 bridgehead atoms. The van der Waals surface area contributed by atoms with Gasteiger partial charge in [-0.3, -0.25) is 14.7 Å². The number of aryl methyl sites for hydroxylation is 1. The van der Waals surface area contributed by atoms with E-state index in [2.05, 4.69) is 46.4 Å². The lowest BCUT2D eigenvalue weighted by atomic mass is 9.96. The predicted octanol–water partition coefficient (Wildman–Crippen LogP) is 2.96. The van der Waals surface area contributed by atoms with E-state index in [-0.39, 0.29) is 5.91 Å². The summed E-state index contributed by atoms with van der Waals surface area (Å²) in [4.78, 5) is 18.6. The molecule has 4 heteroatoms. The number of carbonyl (C=O) groups is 1. The Morgan fingerprint density at radius 3 is 2.72 bits per heavy atom. The molecule has 1 aromatic carbocycles. The van der Waals surface area contributed by atoms with E-state index in [1.165, 1.54) is 11.1 Å². The molecule has 1 saturated heterocycles. The maximum Gasteiger partial charge on any atom is 0.224 e. The Bertz CT molecular complexity index is 679. The first-order valence-corrected chi connectivity index (χ1v) is 9.13. The summed E-state index contributed by atoms with van der Waals surface area (Å²) < 4.78 is 0. The van der Waals surface area contributed by atoms with Crippen LogP contribution in [0.15, 0.2) is 48.8 Å². The fourth-order valence-electron chi connectivity index (χ4n) is 3.39. The maximum absolute atomic E-state index is 12.0. The molecule has 3 rings (SSSR count). The lowest BCUT2D eigenvalue weighted by Gasteiger charge is -2.32. The normalized spacial score (nSPS) is 15.9. The van der Waals surface area contributed by atoms with E-state index < -0.39 is 0 Å². The molecule has 0 saturated carbocycles. The number of benzene rings is 1. The zero-order valence-electron chi connectivity index (χ0n) is 14.9. The largest absolute Gasteiger partial charge is 0.356 e. The van der Waals surface area contributed by atoms with Crippen LogP contribution in [0.2, 0.25) is 0 Å². The van der Waals surface area contributed by atoms with Crippen LogP contribution in [0.5, 0.6) is 0 Å². The highest BCUT2D eigenvalue weighted by molar-refractivity contribution is 5.78. The molecule has 2 heterocycles. The van der Waals surface area contributed by atoms with Gasteiger partial charge < -0.3 is 5.32 Å². The summed E-state index contributed by atoms with van der Waals surface area (Å²) in [5.74, 6) is 0.682. The maximum atomic E-state index is 12.0. The van der Waals surface area contributed by atoms with E-state index in [0.717, 1.165) is 44.6 Å². The van der Waals surface area contributed by atoms with Gasteiger partial charge in [-0.1, -0.05) is 30.3 Å². The first-order chi connectivity index (χ1) is 12.2. The molecule has 1 amide bonds. The number of likely N-dealkylation sites (tertiary alicyclic amines) is 1. The predicted molar refractivity (Wildman–Crippen MR) is 100 cm³/mol. The van der Waals surface area contributed by atoms with Crippen molar-refractivity contribution in [3.63, 3.8) is 0 Å². The van der Waals surface area contributed by atoms with Gasteiger partial charge in [-0.2, -0.15) is 0 Å². The van der Waals surface area contributed by atoms with Gasteiger partial charge in [0.25, 0.3) is 0 Å². The van der Waals surface area contributed by atoms with Gasteiger partial charge >= 0.3 is 0 Å². The molecule has 4 nitrogen and oxygen atoms in total. The zero-order chi connectivity index (χ0) is 17.5. The number of carbonyl (C=O) groups excluding carboxylic acids is 1. The van der Waals surface area contributed by atoms with Crippen LogP contribution in [-0.4, -0.2) is 35.4 Å². The van der Waals surface area contributed by atoms with Crippen LogP contribution in [0.3, 0.4) is 0 Å². The van der Waals surface area contributed by atoms with Gasteiger partial charge in [0.2, 0.25) is 5.91 Å². The molecule has 1 N–H and O–H groups in total. The summed E-state index contributed by atoms with van der Waals surface area (Å²) in [6.45, 7) is 6.22. The van der Waals surface area contributed by atoms with Crippen molar-refractivity contribution in [2.24, 2.45) is 5.92 Å². The van der Waals surface area contributed by atoms with Gasteiger partial charge in [0.1, 0.15) is 0 Å². The van der Waals surface area contributed by atoms with Gasteiger partial charge in [-0.15, -0.1) is 0 Å². The number of piperidine rings is 1. The van der Waals surface area contributed by atoms with E-state index in [1.54, 1.807) is 12.4 Å². The minimum Gasteiger partial charge on any atom is -0.356 e. The fourth-order valence-corrected chi connectivity index (χ4v) is 3.39. The average molecular weight is 337 g/mol. The molecule has 1 fully saturated rings. The Balaban J connectivity index is 1.38. The van der Waals surface area contributed by atoms with Crippen molar-refractivity contribution >= 4 is 5.91 Å². The van der Waals surface area contributed by atoms with Crippen molar-refractivity contribution in [1.29, 1.82) is 0 Å². The minimum absolute atomic E-state index is 0.0929. The number of hydrogen-bond acceptors (Lipinski definition) is 3. The third kappa shape index (κ3) is 5.40. The number of amides is 1. The topological polar surface area (TPSA) is 45.2 Å². The van der Waals surface area contributed by atoms with E-state index in [9.17, 15) is 4.79 Å². The van der Waals surface area contributed by atoms with Crippen LogP contribution in [-0.2, 0) is 17.8 Å². The molecule has 1 aliphatic rings. The molecule has 0 spiro atoms. The fraction of sp³-hybridized carbons (Fsp3) is 0.429. The van der Waals surface area contributed by atoms with Crippen molar-refractivity contribution in [1.82, 2.24) is 15.2 Å². The van der Waals surface area contributed by atoms with Gasteiger partial charge in [0.15, 0.2) is 0 Å². The Labute approximate surface area is 150 Å². The van der Waals surface area contributed by atoms with Gasteiger partial charge in [-0.05, 0) is 61.5 Å². The monoisotopic (exact) mass is 337 g/mol.